The number of piperidine rings is 1. The fourth-order valence-electron chi connectivity index (χ4n) is 6.68. The molecule has 1 saturated heterocycles. The number of hydrogen-bond donors (Lipinski definition) is 2. The van der Waals surface area contributed by atoms with E-state index in [0.717, 1.165) is 55.7 Å². The molecule has 8 nitrogen and oxygen atoms in total. The fraction of sp³-hybridized carbons (Fsp3) is 0.371. The third-order valence-corrected chi connectivity index (χ3v) is 9.07. The number of fused-ring (bicyclic) bond motifs is 1. The van der Waals surface area contributed by atoms with Crippen molar-refractivity contribution in [3.05, 3.63) is 94.3 Å². The summed E-state index contributed by atoms with van der Waals surface area (Å²) >= 11 is 0. The third kappa shape index (κ3) is 5.54. The van der Waals surface area contributed by atoms with E-state index in [0.29, 0.717) is 17.4 Å². The Morgan fingerprint density at radius 1 is 1.00 bits per heavy atom. The Morgan fingerprint density at radius 2 is 1.77 bits per heavy atom. The van der Waals surface area contributed by atoms with E-state index in [4.69, 9.17) is 4.98 Å². The molecular weight excluding hydrogens is 538 g/mol. The molecular formula is C35H39N5O3. The van der Waals surface area contributed by atoms with Gasteiger partial charge in [0.2, 0.25) is 5.91 Å². The molecule has 1 unspecified atom stereocenters. The van der Waals surface area contributed by atoms with Crippen LogP contribution in [0.3, 0.4) is 0 Å². The maximum absolute atomic E-state index is 12.4. The number of aromatic nitrogens is 3. The average molecular weight is 578 g/mol. The number of rotatable bonds is 7. The van der Waals surface area contributed by atoms with Crippen LogP contribution in [0.5, 0.6) is 0 Å². The number of hydrogen-bond acceptors (Lipinski definition) is 5. The van der Waals surface area contributed by atoms with Crippen LogP contribution in [-0.4, -0.2) is 49.7 Å². The van der Waals surface area contributed by atoms with Crippen LogP contribution in [-0.2, 0) is 11.2 Å². The van der Waals surface area contributed by atoms with Gasteiger partial charge in [-0.1, -0.05) is 50.2 Å². The number of aryl methyl sites for hydroxylation is 2. The van der Waals surface area contributed by atoms with Crippen LogP contribution in [0.4, 0.5) is 5.69 Å². The molecule has 1 amide bonds. The van der Waals surface area contributed by atoms with Crippen molar-refractivity contribution in [1.82, 2.24) is 19.7 Å². The molecule has 2 aromatic heterocycles. The van der Waals surface area contributed by atoms with Crippen molar-refractivity contribution in [2.75, 3.05) is 18.4 Å². The summed E-state index contributed by atoms with van der Waals surface area (Å²) in [6, 6.07) is 19.2. The highest BCUT2D eigenvalue weighted by Gasteiger charge is 2.28. The summed E-state index contributed by atoms with van der Waals surface area (Å²) in [4.78, 5) is 30.9. The van der Waals surface area contributed by atoms with E-state index >= 15 is 0 Å². The van der Waals surface area contributed by atoms with Crippen molar-refractivity contribution < 1.29 is 14.7 Å². The minimum atomic E-state index is -0.999. The number of carbonyl (C=O) groups is 2. The molecule has 4 aromatic rings. The monoisotopic (exact) mass is 577 g/mol. The summed E-state index contributed by atoms with van der Waals surface area (Å²) in [5.74, 6) is 0.384. The molecule has 0 bridgehead atoms. The van der Waals surface area contributed by atoms with E-state index in [2.05, 4.69) is 53.7 Å². The molecule has 2 aliphatic rings. The van der Waals surface area contributed by atoms with Gasteiger partial charge in [0.05, 0.1) is 23.6 Å². The first kappa shape index (κ1) is 28.6. The first-order valence-corrected chi connectivity index (χ1v) is 15.2. The average Bonchev–Trinajstić information content (AvgIpc) is 3.61. The lowest BCUT2D eigenvalue weighted by Gasteiger charge is -2.33. The molecule has 0 spiro atoms. The Bertz CT molecular complexity index is 1680. The standard InChI is InChI=1S/C35H39N5O3/c1-21(2)34(41)39-17-15-24(16-18-39)26-12-13-29(22(3)19-26)37-31-14-11-25-7-5-8-27(33(25)31)30-9-6-10-32(38-30)40-23(4)28(20-36-40)35(42)43/h5-10,12-13,19-21,24,31,37H,11,14-18H2,1-4H3,(H,42,43). The van der Waals surface area contributed by atoms with Crippen molar-refractivity contribution in [3.8, 4) is 17.1 Å². The minimum Gasteiger partial charge on any atom is -0.478 e. The maximum Gasteiger partial charge on any atom is 0.339 e. The van der Waals surface area contributed by atoms with Crippen LogP contribution in [0.25, 0.3) is 17.1 Å². The van der Waals surface area contributed by atoms with Crippen LogP contribution < -0.4 is 5.32 Å². The highest BCUT2D eigenvalue weighted by molar-refractivity contribution is 5.88. The number of carboxylic acid groups (broad SMARTS) is 1. The zero-order chi connectivity index (χ0) is 30.2. The molecule has 222 valence electrons. The number of carbonyl (C=O) groups excluding carboxylic acids is 1. The lowest BCUT2D eigenvalue weighted by molar-refractivity contribution is -0.135. The predicted molar refractivity (Wildman–Crippen MR) is 168 cm³/mol. The number of amides is 1. The molecule has 1 aliphatic heterocycles. The molecule has 0 radical (unpaired) electrons. The number of carboxylic acids is 1. The Hall–Kier alpha value is -4.46. The van der Waals surface area contributed by atoms with E-state index in [1.807, 2.05) is 36.9 Å². The Kier molecular flexibility index (Phi) is 7.77. The second kappa shape index (κ2) is 11.7. The van der Waals surface area contributed by atoms with Gasteiger partial charge in [0.1, 0.15) is 5.56 Å². The van der Waals surface area contributed by atoms with Crippen molar-refractivity contribution in [2.24, 2.45) is 5.92 Å². The zero-order valence-electron chi connectivity index (χ0n) is 25.3. The van der Waals surface area contributed by atoms with Gasteiger partial charge in [-0.15, -0.1) is 0 Å². The Balaban J connectivity index is 1.22. The third-order valence-electron chi connectivity index (χ3n) is 9.07. The summed E-state index contributed by atoms with van der Waals surface area (Å²) < 4.78 is 1.59. The molecule has 3 heterocycles. The second-order valence-electron chi connectivity index (χ2n) is 12.2. The largest absolute Gasteiger partial charge is 0.478 e. The van der Waals surface area contributed by atoms with Gasteiger partial charge in [0, 0.05) is 30.3 Å². The molecule has 43 heavy (non-hydrogen) atoms. The van der Waals surface area contributed by atoms with Crippen LogP contribution in [0.1, 0.15) is 83.4 Å². The van der Waals surface area contributed by atoms with E-state index < -0.39 is 5.97 Å². The number of nitrogens with zero attached hydrogens (tertiary/aromatic N) is 4. The summed E-state index contributed by atoms with van der Waals surface area (Å²) in [5.41, 5.74) is 8.94. The predicted octanol–water partition coefficient (Wildman–Crippen LogP) is 6.71. The van der Waals surface area contributed by atoms with Crippen molar-refractivity contribution in [3.63, 3.8) is 0 Å². The molecule has 2 aromatic carbocycles. The molecule has 1 atom stereocenters. The number of anilines is 1. The first-order valence-electron chi connectivity index (χ1n) is 15.2. The van der Waals surface area contributed by atoms with E-state index in [1.165, 1.54) is 28.5 Å². The van der Waals surface area contributed by atoms with Crippen LogP contribution in [0.15, 0.2) is 60.8 Å². The zero-order valence-corrected chi connectivity index (χ0v) is 25.3. The first-order chi connectivity index (χ1) is 20.7. The summed E-state index contributed by atoms with van der Waals surface area (Å²) in [7, 11) is 0. The minimum absolute atomic E-state index is 0.0534. The summed E-state index contributed by atoms with van der Waals surface area (Å²) in [6.07, 6.45) is 5.37. The molecule has 2 N–H and O–H groups in total. The normalized spacial score (nSPS) is 16.9. The topological polar surface area (TPSA) is 100 Å². The van der Waals surface area contributed by atoms with Gasteiger partial charge < -0.3 is 15.3 Å². The number of aromatic carboxylic acids is 1. The lowest BCUT2D eigenvalue weighted by atomic mass is 9.88. The molecule has 8 heteroatoms. The summed E-state index contributed by atoms with van der Waals surface area (Å²) in [5, 5.41) is 17.6. The number of likely N-dealkylation sites (tertiary alicyclic amines) is 1. The summed E-state index contributed by atoms with van der Waals surface area (Å²) in [6.45, 7) is 9.53. The van der Waals surface area contributed by atoms with Gasteiger partial charge in [0.25, 0.3) is 0 Å². The molecule has 0 saturated carbocycles. The highest BCUT2D eigenvalue weighted by atomic mass is 16.4. The van der Waals surface area contributed by atoms with Gasteiger partial charge in [-0.25, -0.2) is 14.5 Å². The van der Waals surface area contributed by atoms with E-state index in [9.17, 15) is 14.7 Å². The van der Waals surface area contributed by atoms with E-state index in [-0.39, 0.29) is 23.4 Å². The number of pyridine rings is 1. The number of nitrogens with one attached hydrogen (secondary N) is 1. The van der Waals surface area contributed by atoms with Crippen molar-refractivity contribution in [2.45, 2.75) is 65.3 Å². The van der Waals surface area contributed by atoms with Crippen molar-refractivity contribution >= 4 is 17.6 Å². The SMILES string of the molecule is Cc1cc(C2CCN(C(=O)C(C)C)CC2)ccc1NC1CCc2cccc(-c3cccc(-n4ncc(C(=O)O)c4C)n3)c21. The Labute approximate surface area is 252 Å². The number of benzene rings is 2. The molecule has 1 aliphatic carbocycles. The van der Waals surface area contributed by atoms with Crippen LogP contribution in [0.2, 0.25) is 0 Å². The van der Waals surface area contributed by atoms with Gasteiger partial charge in [-0.05, 0) is 85.9 Å². The second-order valence-corrected chi connectivity index (χ2v) is 12.2. The molecule has 6 rings (SSSR count). The van der Waals surface area contributed by atoms with Gasteiger partial charge in [-0.3, -0.25) is 4.79 Å². The van der Waals surface area contributed by atoms with Crippen LogP contribution in [0, 0.1) is 19.8 Å². The van der Waals surface area contributed by atoms with Crippen LogP contribution >= 0.6 is 0 Å². The Morgan fingerprint density at radius 3 is 2.47 bits per heavy atom. The van der Waals surface area contributed by atoms with E-state index in [1.54, 1.807) is 11.6 Å². The maximum atomic E-state index is 12.4. The van der Waals surface area contributed by atoms with Gasteiger partial charge in [-0.2, -0.15) is 5.10 Å². The van der Waals surface area contributed by atoms with Gasteiger partial charge in [0.15, 0.2) is 5.82 Å². The highest BCUT2D eigenvalue weighted by Crippen LogP contribution is 2.41. The smallest absolute Gasteiger partial charge is 0.339 e. The molecule has 1 fully saturated rings. The van der Waals surface area contributed by atoms with Gasteiger partial charge >= 0.3 is 5.97 Å². The quantitative estimate of drug-likeness (QED) is 0.253. The lowest BCUT2D eigenvalue weighted by Crippen LogP contribution is -2.40. The fourth-order valence-corrected chi connectivity index (χ4v) is 6.68. The van der Waals surface area contributed by atoms with Crippen molar-refractivity contribution in [1.29, 1.82) is 0 Å².